The van der Waals surface area contributed by atoms with Crippen LogP contribution in [-0.2, 0) is 11.5 Å². The Morgan fingerprint density at radius 3 is 2.50 bits per heavy atom. The lowest BCUT2D eigenvalue weighted by Gasteiger charge is -2.06. The van der Waals surface area contributed by atoms with Gasteiger partial charge in [-0.2, -0.15) is 18.4 Å². The Labute approximate surface area is 86.5 Å². The van der Waals surface area contributed by atoms with Gasteiger partial charge in [-0.05, 0) is 11.6 Å². The zero-order valence-electron chi connectivity index (χ0n) is 6.77. The molecule has 74 valence electrons. The third-order valence-corrected chi connectivity index (χ3v) is 2.12. The van der Waals surface area contributed by atoms with Crippen LogP contribution >= 0.6 is 15.9 Å². The second-order valence-corrected chi connectivity index (χ2v) is 3.01. The summed E-state index contributed by atoms with van der Waals surface area (Å²) in [5.74, 6) is 0. The Balaban J connectivity index is 3.23. The molecule has 0 unspecified atom stereocenters. The SMILES string of the molecule is N#Cc1nc(C(F)(F)F)ccc1CBr. The number of alkyl halides is 4. The number of nitriles is 1. The van der Waals surface area contributed by atoms with Crippen LogP contribution < -0.4 is 0 Å². The number of halogens is 4. The molecule has 0 amide bonds. The van der Waals surface area contributed by atoms with Crippen molar-refractivity contribution in [1.29, 1.82) is 5.26 Å². The fraction of sp³-hybridized carbons (Fsp3) is 0.250. The minimum absolute atomic E-state index is 0.197. The fourth-order valence-corrected chi connectivity index (χ4v) is 1.30. The van der Waals surface area contributed by atoms with E-state index in [1.165, 1.54) is 6.07 Å². The van der Waals surface area contributed by atoms with Crippen LogP contribution in [0.25, 0.3) is 0 Å². The van der Waals surface area contributed by atoms with Crippen molar-refractivity contribution in [3.8, 4) is 6.07 Å². The molecule has 6 heteroatoms. The molecule has 0 aliphatic rings. The van der Waals surface area contributed by atoms with E-state index in [9.17, 15) is 13.2 Å². The predicted octanol–water partition coefficient (Wildman–Crippen LogP) is 2.87. The molecule has 0 spiro atoms. The highest BCUT2D eigenvalue weighted by Crippen LogP contribution is 2.28. The van der Waals surface area contributed by atoms with Crippen molar-refractivity contribution < 1.29 is 13.2 Å². The van der Waals surface area contributed by atoms with Crippen molar-refractivity contribution in [3.05, 3.63) is 29.1 Å². The molecule has 2 nitrogen and oxygen atoms in total. The summed E-state index contributed by atoms with van der Waals surface area (Å²) in [6.45, 7) is 0. The molecule has 1 aromatic rings. The van der Waals surface area contributed by atoms with Crippen LogP contribution in [0.4, 0.5) is 13.2 Å². The molecule has 1 heterocycles. The van der Waals surface area contributed by atoms with Gasteiger partial charge in [0.1, 0.15) is 17.5 Å². The van der Waals surface area contributed by atoms with Crippen molar-refractivity contribution in [3.63, 3.8) is 0 Å². The molecule has 0 radical (unpaired) electrons. The highest BCUT2D eigenvalue weighted by Gasteiger charge is 2.32. The van der Waals surface area contributed by atoms with Gasteiger partial charge in [0.25, 0.3) is 0 Å². The van der Waals surface area contributed by atoms with E-state index in [0.29, 0.717) is 10.9 Å². The maximum absolute atomic E-state index is 12.2. The number of aromatic nitrogens is 1. The first-order chi connectivity index (χ1) is 6.49. The molecule has 1 aromatic heterocycles. The van der Waals surface area contributed by atoms with Gasteiger partial charge in [0, 0.05) is 5.33 Å². The van der Waals surface area contributed by atoms with Gasteiger partial charge in [-0.3, -0.25) is 0 Å². The highest BCUT2D eigenvalue weighted by atomic mass is 79.9. The Morgan fingerprint density at radius 2 is 2.07 bits per heavy atom. The van der Waals surface area contributed by atoms with Gasteiger partial charge in [0.2, 0.25) is 0 Å². The summed E-state index contributed by atoms with van der Waals surface area (Å²) >= 11 is 3.05. The van der Waals surface area contributed by atoms with E-state index < -0.39 is 11.9 Å². The van der Waals surface area contributed by atoms with Crippen LogP contribution in [-0.4, -0.2) is 4.98 Å². The third-order valence-electron chi connectivity index (χ3n) is 1.52. The van der Waals surface area contributed by atoms with Crippen LogP contribution in [0.3, 0.4) is 0 Å². The lowest BCUT2D eigenvalue weighted by molar-refractivity contribution is -0.141. The lowest BCUT2D eigenvalue weighted by atomic mass is 10.2. The van der Waals surface area contributed by atoms with E-state index in [2.05, 4.69) is 20.9 Å². The second kappa shape index (κ2) is 3.96. The number of hydrogen-bond acceptors (Lipinski definition) is 2. The Kier molecular flexibility index (Phi) is 3.11. The molecule has 0 saturated carbocycles. The Bertz CT molecular complexity index is 381. The van der Waals surface area contributed by atoms with Crippen molar-refractivity contribution in [2.45, 2.75) is 11.5 Å². The molecular weight excluding hydrogens is 261 g/mol. The fourth-order valence-electron chi connectivity index (χ4n) is 0.850. The van der Waals surface area contributed by atoms with Gasteiger partial charge in [-0.1, -0.05) is 22.0 Å². The van der Waals surface area contributed by atoms with Gasteiger partial charge in [-0.15, -0.1) is 0 Å². The minimum atomic E-state index is -4.50. The van der Waals surface area contributed by atoms with E-state index in [4.69, 9.17) is 5.26 Å². The second-order valence-electron chi connectivity index (χ2n) is 2.45. The predicted molar refractivity (Wildman–Crippen MR) is 46.6 cm³/mol. The quantitative estimate of drug-likeness (QED) is 0.732. The smallest absolute Gasteiger partial charge is 0.232 e. The maximum atomic E-state index is 12.2. The van der Waals surface area contributed by atoms with E-state index in [0.717, 1.165) is 6.07 Å². The first-order valence-electron chi connectivity index (χ1n) is 3.52. The molecule has 0 saturated heterocycles. The summed E-state index contributed by atoms with van der Waals surface area (Å²) in [4.78, 5) is 3.22. The Hall–Kier alpha value is -1.09. The summed E-state index contributed by atoms with van der Waals surface area (Å²) in [5.41, 5.74) is -0.795. The van der Waals surface area contributed by atoms with Crippen molar-refractivity contribution in [2.75, 3.05) is 0 Å². The van der Waals surface area contributed by atoms with Crippen LogP contribution in [0.1, 0.15) is 17.0 Å². The number of pyridine rings is 1. The van der Waals surface area contributed by atoms with Crippen molar-refractivity contribution >= 4 is 15.9 Å². The van der Waals surface area contributed by atoms with Gasteiger partial charge in [-0.25, -0.2) is 4.98 Å². The summed E-state index contributed by atoms with van der Waals surface area (Å²) < 4.78 is 36.5. The molecule has 14 heavy (non-hydrogen) atoms. The van der Waals surface area contributed by atoms with E-state index in [1.54, 1.807) is 6.07 Å². The number of rotatable bonds is 1. The van der Waals surface area contributed by atoms with Gasteiger partial charge < -0.3 is 0 Å². The summed E-state index contributed by atoms with van der Waals surface area (Å²) in [6, 6.07) is 3.72. The zero-order chi connectivity index (χ0) is 10.8. The Morgan fingerprint density at radius 1 is 1.43 bits per heavy atom. The van der Waals surface area contributed by atoms with Gasteiger partial charge >= 0.3 is 6.18 Å². The number of nitrogens with zero attached hydrogens (tertiary/aromatic N) is 2. The van der Waals surface area contributed by atoms with Crippen LogP contribution in [0.15, 0.2) is 12.1 Å². The standard InChI is InChI=1S/C8H4BrF3N2/c9-3-5-1-2-7(8(10,11)12)14-6(5)4-13/h1-2H,3H2. The molecular formula is C8H4BrF3N2. The van der Waals surface area contributed by atoms with E-state index in [-0.39, 0.29) is 5.69 Å². The molecule has 0 atom stereocenters. The molecule has 0 aliphatic carbocycles. The molecule has 0 aromatic carbocycles. The monoisotopic (exact) mass is 264 g/mol. The first kappa shape index (κ1) is 11.0. The van der Waals surface area contributed by atoms with Crippen molar-refractivity contribution in [1.82, 2.24) is 4.98 Å². The normalized spacial score (nSPS) is 11.1. The largest absolute Gasteiger partial charge is 0.433 e. The minimum Gasteiger partial charge on any atom is -0.232 e. The summed E-state index contributed by atoms with van der Waals surface area (Å²) in [6.07, 6.45) is -4.50. The average Bonchev–Trinajstić information content (AvgIpc) is 2.15. The van der Waals surface area contributed by atoms with Crippen LogP contribution in [0, 0.1) is 11.3 Å². The van der Waals surface area contributed by atoms with Gasteiger partial charge in [0.05, 0.1) is 0 Å². The third kappa shape index (κ3) is 2.23. The van der Waals surface area contributed by atoms with Gasteiger partial charge in [0.15, 0.2) is 0 Å². The summed E-state index contributed by atoms with van der Waals surface area (Å²) in [5, 5.41) is 8.85. The van der Waals surface area contributed by atoms with Crippen LogP contribution in [0.5, 0.6) is 0 Å². The molecule has 0 bridgehead atoms. The topological polar surface area (TPSA) is 36.7 Å². The van der Waals surface area contributed by atoms with E-state index >= 15 is 0 Å². The highest BCUT2D eigenvalue weighted by molar-refractivity contribution is 9.08. The van der Waals surface area contributed by atoms with E-state index in [1.807, 2.05) is 0 Å². The average molecular weight is 265 g/mol. The summed E-state index contributed by atoms with van der Waals surface area (Å²) in [7, 11) is 0. The van der Waals surface area contributed by atoms with Crippen molar-refractivity contribution in [2.24, 2.45) is 0 Å². The lowest BCUT2D eigenvalue weighted by Crippen LogP contribution is -2.09. The maximum Gasteiger partial charge on any atom is 0.433 e. The molecule has 1 rings (SSSR count). The van der Waals surface area contributed by atoms with Crippen LogP contribution in [0.2, 0.25) is 0 Å². The zero-order valence-corrected chi connectivity index (χ0v) is 8.35. The molecule has 0 N–H and O–H groups in total. The first-order valence-corrected chi connectivity index (χ1v) is 4.64. The molecule has 0 fully saturated rings. The molecule has 0 aliphatic heterocycles. The number of hydrogen-bond donors (Lipinski definition) is 0.